The lowest BCUT2D eigenvalue weighted by Gasteiger charge is -2.21. The lowest BCUT2D eigenvalue weighted by Crippen LogP contribution is -2.13. The highest BCUT2D eigenvalue weighted by atomic mass is 35.5. The quantitative estimate of drug-likeness (QED) is 0.579. The normalized spacial score (nSPS) is 11.8. The Morgan fingerprint density at radius 1 is 1.23 bits per heavy atom. The van der Waals surface area contributed by atoms with Crippen molar-refractivity contribution in [1.82, 2.24) is 4.98 Å². The third kappa shape index (κ3) is 2.22. The Morgan fingerprint density at radius 3 is 2.23 bits per heavy atom. The van der Waals surface area contributed by atoms with E-state index in [1.54, 1.807) is 0 Å². The van der Waals surface area contributed by atoms with Gasteiger partial charge in [-0.25, -0.2) is 4.98 Å². The maximum atomic E-state index is 6.08. The average Bonchev–Trinajstić information content (AvgIpc) is 1.94. The molecule has 0 bridgehead atoms. The van der Waals surface area contributed by atoms with Gasteiger partial charge in [-0.05, 0) is 30.4 Å². The summed E-state index contributed by atoms with van der Waals surface area (Å²) >= 11 is 6.08. The third-order valence-corrected chi connectivity index (χ3v) is 2.52. The molecule has 0 aromatic carbocycles. The number of halogens is 1. The summed E-state index contributed by atoms with van der Waals surface area (Å²) in [6.07, 6.45) is 0. The van der Waals surface area contributed by atoms with E-state index in [9.17, 15) is 0 Å². The number of pyridine rings is 1. The fraction of sp³-hybridized carbons (Fsp3) is 0.545. The van der Waals surface area contributed by atoms with Crippen LogP contribution in [-0.4, -0.2) is 4.98 Å². The van der Waals surface area contributed by atoms with Gasteiger partial charge in [0.05, 0.1) is 0 Å². The molecule has 0 saturated carbocycles. The zero-order valence-electron chi connectivity index (χ0n) is 8.90. The SMILES string of the molecule is Cc1cc(C(C)(C)C)c(Cl)nc1C. The molecule has 0 aliphatic rings. The van der Waals surface area contributed by atoms with Crippen molar-refractivity contribution in [1.29, 1.82) is 0 Å². The van der Waals surface area contributed by atoms with Crippen molar-refractivity contribution in [2.75, 3.05) is 0 Å². The molecule has 2 heteroatoms. The van der Waals surface area contributed by atoms with Crippen LogP contribution in [0.1, 0.15) is 37.6 Å². The van der Waals surface area contributed by atoms with E-state index >= 15 is 0 Å². The molecule has 0 unspecified atom stereocenters. The molecule has 0 aliphatic carbocycles. The van der Waals surface area contributed by atoms with Crippen molar-refractivity contribution in [3.63, 3.8) is 0 Å². The summed E-state index contributed by atoms with van der Waals surface area (Å²) < 4.78 is 0. The molecule has 1 nitrogen and oxygen atoms in total. The average molecular weight is 198 g/mol. The molecule has 1 aromatic rings. The molecule has 1 aromatic heterocycles. The Labute approximate surface area is 85.1 Å². The van der Waals surface area contributed by atoms with Gasteiger partial charge in [-0.3, -0.25) is 0 Å². The molecule has 0 atom stereocenters. The number of hydrogen-bond acceptors (Lipinski definition) is 1. The van der Waals surface area contributed by atoms with Crippen LogP contribution < -0.4 is 0 Å². The topological polar surface area (TPSA) is 12.9 Å². The standard InChI is InChI=1S/C11H16ClN/c1-7-6-9(11(3,4)5)10(12)13-8(7)2/h6H,1-5H3. The van der Waals surface area contributed by atoms with Gasteiger partial charge in [0.15, 0.2) is 0 Å². The van der Waals surface area contributed by atoms with Crippen LogP contribution >= 0.6 is 11.6 Å². The second kappa shape index (κ2) is 3.30. The van der Waals surface area contributed by atoms with Crippen molar-refractivity contribution in [3.05, 3.63) is 28.0 Å². The highest BCUT2D eigenvalue weighted by molar-refractivity contribution is 6.30. The van der Waals surface area contributed by atoms with Crippen LogP contribution in [0.15, 0.2) is 6.07 Å². The molecule has 0 spiro atoms. The maximum absolute atomic E-state index is 6.08. The Kier molecular flexibility index (Phi) is 2.67. The second-order valence-corrected chi connectivity index (χ2v) is 4.84. The van der Waals surface area contributed by atoms with Gasteiger partial charge in [-0.15, -0.1) is 0 Å². The van der Waals surface area contributed by atoms with Crippen molar-refractivity contribution in [2.24, 2.45) is 0 Å². The summed E-state index contributed by atoms with van der Waals surface area (Å²) in [5, 5.41) is 0.635. The molecule has 1 heterocycles. The van der Waals surface area contributed by atoms with E-state index in [1.807, 2.05) is 6.92 Å². The Balaban J connectivity index is 3.32. The van der Waals surface area contributed by atoms with Gasteiger partial charge in [0.1, 0.15) is 5.15 Å². The zero-order chi connectivity index (χ0) is 10.2. The van der Waals surface area contributed by atoms with E-state index in [-0.39, 0.29) is 5.41 Å². The Morgan fingerprint density at radius 2 is 1.77 bits per heavy atom. The minimum atomic E-state index is 0.0720. The van der Waals surface area contributed by atoms with Crippen molar-refractivity contribution in [3.8, 4) is 0 Å². The first-order valence-electron chi connectivity index (χ1n) is 4.46. The van der Waals surface area contributed by atoms with Crippen LogP contribution in [0.2, 0.25) is 5.15 Å². The highest BCUT2D eigenvalue weighted by Gasteiger charge is 2.18. The van der Waals surface area contributed by atoms with Crippen molar-refractivity contribution >= 4 is 11.6 Å². The zero-order valence-corrected chi connectivity index (χ0v) is 9.66. The van der Waals surface area contributed by atoms with Gasteiger partial charge >= 0.3 is 0 Å². The fourth-order valence-corrected chi connectivity index (χ4v) is 1.67. The van der Waals surface area contributed by atoms with Gasteiger partial charge in [-0.2, -0.15) is 0 Å². The van der Waals surface area contributed by atoms with Crippen LogP contribution in [0.4, 0.5) is 0 Å². The number of hydrogen-bond donors (Lipinski definition) is 0. The summed E-state index contributed by atoms with van der Waals surface area (Å²) in [6.45, 7) is 10.5. The monoisotopic (exact) mass is 197 g/mol. The van der Waals surface area contributed by atoms with E-state index < -0.39 is 0 Å². The van der Waals surface area contributed by atoms with Crippen LogP contribution in [0.25, 0.3) is 0 Å². The molecule has 72 valence electrons. The van der Waals surface area contributed by atoms with Crippen LogP contribution in [0, 0.1) is 13.8 Å². The third-order valence-electron chi connectivity index (χ3n) is 2.23. The molecule has 0 saturated heterocycles. The Bertz CT molecular complexity index is 324. The van der Waals surface area contributed by atoms with Gasteiger partial charge in [0, 0.05) is 5.69 Å². The van der Waals surface area contributed by atoms with Crippen LogP contribution in [0.3, 0.4) is 0 Å². The molecular weight excluding hydrogens is 182 g/mol. The molecule has 0 radical (unpaired) electrons. The minimum Gasteiger partial charge on any atom is -0.241 e. The van der Waals surface area contributed by atoms with Crippen molar-refractivity contribution < 1.29 is 0 Å². The van der Waals surface area contributed by atoms with Crippen LogP contribution in [-0.2, 0) is 5.41 Å². The molecule has 0 N–H and O–H groups in total. The number of rotatable bonds is 0. The molecule has 0 amide bonds. The maximum Gasteiger partial charge on any atom is 0.133 e. The molecular formula is C11H16ClN. The summed E-state index contributed by atoms with van der Waals surface area (Å²) in [7, 11) is 0. The predicted molar refractivity (Wildman–Crippen MR) is 57.4 cm³/mol. The summed E-state index contributed by atoms with van der Waals surface area (Å²) in [4.78, 5) is 4.30. The van der Waals surface area contributed by atoms with Crippen molar-refractivity contribution in [2.45, 2.75) is 40.0 Å². The van der Waals surface area contributed by atoms with E-state index in [2.05, 4.69) is 38.7 Å². The second-order valence-electron chi connectivity index (χ2n) is 4.48. The summed E-state index contributed by atoms with van der Waals surface area (Å²) in [6, 6.07) is 2.13. The highest BCUT2D eigenvalue weighted by Crippen LogP contribution is 2.29. The largest absolute Gasteiger partial charge is 0.241 e. The van der Waals surface area contributed by atoms with Gasteiger partial charge in [0.2, 0.25) is 0 Å². The Hall–Kier alpha value is -0.560. The van der Waals surface area contributed by atoms with Gasteiger partial charge in [-0.1, -0.05) is 38.4 Å². The first kappa shape index (κ1) is 10.5. The number of aryl methyl sites for hydroxylation is 2. The predicted octanol–water partition coefficient (Wildman–Crippen LogP) is 3.65. The lowest BCUT2D eigenvalue weighted by molar-refractivity contribution is 0.586. The van der Waals surface area contributed by atoms with Gasteiger partial charge < -0.3 is 0 Å². The van der Waals surface area contributed by atoms with Crippen LogP contribution in [0.5, 0.6) is 0 Å². The number of nitrogens with zero attached hydrogens (tertiary/aromatic N) is 1. The van der Waals surface area contributed by atoms with E-state index in [0.717, 1.165) is 11.3 Å². The van der Waals surface area contributed by atoms with E-state index in [4.69, 9.17) is 11.6 Å². The molecule has 13 heavy (non-hydrogen) atoms. The summed E-state index contributed by atoms with van der Waals surface area (Å²) in [5.74, 6) is 0. The summed E-state index contributed by atoms with van der Waals surface area (Å²) in [5.41, 5.74) is 3.41. The minimum absolute atomic E-state index is 0.0720. The fourth-order valence-electron chi connectivity index (χ4n) is 1.20. The first-order valence-corrected chi connectivity index (χ1v) is 4.84. The molecule has 0 fully saturated rings. The van der Waals surface area contributed by atoms with E-state index in [0.29, 0.717) is 5.15 Å². The first-order chi connectivity index (χ1) is 5.82. The molecule has 1 rings (SSSR count). The smallest absolute Gasteiger partial charge is 0.133 e. The molecule has 0 aliphatic heterocycles. The lowest BCUT2D eigenvalue weighted by atomic mass is 9.87. The number of aromatic nitrogens is 1. The van der Waals surface area contributed by atoms with E-state index in [1.165, 1.54) is 5.56 Å². The van der Waals surface area contributed by atoms with Gasteiger partial charge in [0.25, 0.3) is 0 Å².